The molecule has 0 unspecified atom stereocenters. The Morgan fingerprint density at radius 2 is 1.43 bits per heavy atom. The summed E-state index contributed by atoms with van der Waals surface area (Å²) >= 11 is 0. The van der Waals surface area contributed by atoms with Crippen LogP contribution in [0.3, 0.4) is 0 Å². The van der Waals surface area contributed by atoms with E-state index < -0.39 is 12.0 Å². The van der Waals surface area contributed by atoms with E-state index in [1.165, 1.54) is 0 Å². The molecule has 3 heterocycles. The van der Waals surface area contributed by atoms with Crippen molar-refractivity contribution in [3.05, 3.63) is 119 Å². The molecule has 0 spiro atoms. The van der Waals surface area contributed by atoms with Gasteiger partial charge in [0, 0.05) is 18.2 Å². The molecule has 2 saturated heterocycles. The van der Waals surface area contributed by atoms with Crippen molar-refractivity contribution in [2.45, 2.75) is 43.7 Å². The second-order valence-corrected chi connectivity index (χ2v) is 9.21. The minimum atomic E-state index is -0.818. The van der Waals surface area contributed by atoms with Gasteiger partial charge in [-0.15, -0.1) is 0 Å². The van der Waals surface area contributed by atoms with Crippen molar-refractivity contribution in [3.8, 4) is 0 Å². The lowest BCUT2D eigenvalue weighted by Gasteiger charge is -2.41. The first kappa shape index (κ1) is 22.0. The number of nitrogens with zero attached hydrogens (tertiary/aromatic N) is 1. The second kappa shape index (κ2) is 8.96. The molecular formula is C29H28N2O4. The summed E-state index contributed by atoms with van der Waals surface area (Å²) in [5, 5.41) is 2.92. The van der Waals surface area contributed by atoms with Gasteiger partial charge in [0.2, 0.25) is 6.35 Å². The van der Waals surface area contributed by atoms with Crippen molar-refractivity contribution < 1.29 is 19.0 Å². The van der Waals surface area contributed by atoms with E-state index in [9.17, 15) is 4.79 Å². The van der Waals surface area contributed by atoms with Crippen LogP contribution in [0.15, 0.2) is 103 Å². The molecule has 2 fully saturated rings. The lowest BCUT2D eigenvalue weighted by Crippen LogP contribution is -2.58. The van der Waals surface area contributed by atoms with Crippen molar-refractivity contribution in [1.82, 2.24) is 10.2 Å². The predicted molar refractivity (Wildman–Crippen MR) is 131 cm³/mol. The number of rotatable bonds is 6. The Morgan fingerprint density at radius 1 is 0.886 bits per heavy atom. The van der Waals surface area contributed by atoms with Crippen molar-refractivity contribution >= 4 is 5.91 Å². The van der Waals surface area contributed by atoms with Gasteiger partial charge >= 0.3 is 0 Å². The van der Waals surface area contributed by atoms with E-state index in [1.54, 1.807) is 6.92 Å². The quantitative estimate of drug-likeness (QED) is 0.552. The molecule has 0 aliphatic carbocycles. The molecule has 178 valence electrons. The number of hydrogen-bond donors (Lipinski definition) is 1. The van der Waals surface area contributed by atoms with Crippen molar-refractivity contribution in [1.29, 1.82) is 0 Å². The number of nitrogens with one attached hydrogen (secondary N) is 1. The normalized spacial score (nSPS) is 25.6. The Kier molecular flexibility index (Phi) is 5.65. The molecule has 3 aromatic carbocycles. The number of carbonyl (C=O) groups is 1. The molecule has 2 bridgehead atoms. The summed E-state index contributed by atoms with van der Waals surface area (Å²) in [6.07, 6.45) is 1.43. The van der Waals surface area contributed by atoms with Crippen LogP contribution < -0.4 is 5.32 Å². The first-order valence-electron chi connectivity index (χ1n) is 12.0. The Bertz CT molecular complexity index is 1120. The Balaban J connectivity index is 1.34. The summed E-state index contributed by atoms with van der Waals surface area (Å²) in [6.45, 7) is 2.12. The third kappa shape index (κ3) is 3.84. The molecule has 3 aliphatic heterocycles. The fourth-order valence-corrected chi connectivity index (χ4v) is 5.31. The molecule has 6 heteroatoms. The van der Waals surface area contributed by atoms with Gasteiger partial charge in [-0.05, 0) is 23.6 Å². The van der Waals surface area contributed by atoms with E-state index in [2.05, 4.69) is 41.7 Å². The fourth-order valence-electron chi connectivity index (χ4n) is 5.31. The Labute approximate surface area is 205 Å². The zero-order valence-electron chi connectivity index (χ0n) is 19.5. The molecule has 3 aliphatic rings. The van der Waals surface area contributed by atoms with Crippen molar-refractivity contribution in [3.63, 3.8) is 0 Å². The van der Waals surface area contributed by atoms with Crippen molar-refractivity contribution in [2.24, 2.45) is 0 Å². The number of carbonyl (C=O) groups excluding carboxylic acids is 1. The molecule has 6 rings (SSSR count). The minimum absolute atomic E-state index is 0.114. The molecule has 4 atom stereocenters. The van der Waals surface area contributed by atoms with Crippen LogP contribution in [0.1, 0.15) is 30.0 Å². The van der Waals surface area contributed by atoms with Gasteiger partial charge in [0.05, 0.1) is 12.7 Å². The summed E-state index contributed by atoms with van der Waals surface area (Å²) in [5.41, 5.74) is 2.96. The van der Waals surface area contributed by atoms with E-state index in [0.717, 1.165) is 23.1 Å². The summed E-state index contributed by atoms with van der Waals surface area (Å²) in [5.74, 6) is -0.114. The Hall–Kier alpha value is -3.45. The molecule has 35 heavy (non-hydrogen) atoms. The van der Waals surface area contributed by atoms with E-state index in [-0.39, 0.29) is 24.3 Å². The second-order valence-electron chi connectivity index (χ2n) is 9.21. The average molecular weight is 469 g/mol. The van der Waals surface area contributed by atoms with Gasteiger partial charge in [-0.25, -0.2) is 0 Å². The maximum Gasteiger partial charge on any atom is 0.251 e. The highest BCUT2D eigenvalue weighted by Gasteiger charge is 2.49. The maximum atomic E-state index is 12.1. The van der Waals surface area contributed by atoms with E-state index in [0.29, 0.717) is 12.2 Å². The molecule has 0 aromatic heterocycles. The number of hydrogen-bond acceptors (Lipinski definition) is 5. The molecule has 6 nitrogen and oxygen atoms in total. The summed E-state index contributed by atoms with van der Waals surface area (Å²) < 4.78 is 19.6. The molecule has 0 radical (unpaired) electrons. The third-order valence-corrected chi connectivity index (χ3v) is 7.05. The van der Waals surface area contributed by atoms with Crippen LogP contribution in [0.5, 0.6) is 0 Å². The summed E-state index contributed by atoms with van der Waals surface area (Å²) in [7, 11) is 0. The molecule has 0 saturated carbocycles. The molecule has 3 aromatic rings. The minimum Gasteiger partial charge on any atom is -0.358 e. The molecule has 1 N–H and O–H groups in total. The topological polar surface area (TPSA) is 60.0 Å². The van der Waals surface area contributed by atoms with Crippen LogP contribution in [-0.2, 0) is 24.6 Å². The van der Waals surface area contributed by atoms with Gasteiger partial charge in [0.15, 0.2) is 0 Å². The standard InChI is InChI=1S/C29H28N2O4/c1-20-18-31-26-17-24(35-28(31)30-27(20)32)25(34-26)19-33-29(21-11-5-2-6-12-21,22-13-7-3-8-14-22)23-15-9-4-10-16-23/h2-16,18,24-26,28H,17,19H2,1H3,(H,30,32)/t24-,25+,26-,28+/m1/s1. The smallest absolute Gasteiger partial charge is 0.251 e. The van der Waals surface area contributed by atoms with Crippen LogP contribution in [0.4, 0.5) is 0 Å². The summed E-state index contributed by atoms with van der Waals surface area (Å²) in [4.78, 5) is 14.1. The van der Waals surface area contributed by atoms with Gasteiger partial charge < -0.3 is 24.4 Å². The van der Waals surface area contributed by atoms with Gasteiger partial charge in [-0.2, -0.15) is 0 Å². The highest BCUT2D eigenvalue weighted by atomic mass is 16.6. The highest BCUT2D eigenvalue weighted by Crippen LogP contribution is 2.42. The van der Waals surface area contributed by atoms with E-state index in [4.69, 9.17) is 14.2 Å². The number of amides is 1. The lowest BCUT2D eigenvalue weighted by molar-refractivity contribution is -0.163. The largest absolute Gasteiger partial charge is 0.358 e. The zero-order valence-corrected chi connectivity index (χ0v) is 19.5. The van der Waals surface area contributed by atoms with Crippen LogP contribution >= 0.6 is 0 Å². The first-order chi connectivity index (χ1) is 17.1. The van der Waals surface area contributed by atoms with Gasteiger partial charge in [-0.1, -0.05) is 91.0 Å². The van der Waals surface area contributed by atoms with Crippen molar-refractivity contribution in [2.75, 3.05) is 6.61 Å². The zero-order chi connectivity index (χ0) is 23.8. The number of benzene rings is 3. The Morgan fingerprint density at radius 3 is 1.97 bits per heavy atom. The monoisotopic (exact) mass is 468 g/mol. The van der Waals surface area contributed by atoms with Crippen LogP contribution in [0.2, 0.25) is 0 Å². The first-order valence-corrected chi connectivity index (χ1v) is 12.0. The van der Waals surface area contributed by atoms with Gasteiger partial charge in [-0.3, -0.25) is 4.79 Å². The van der Waals surface area contributed by atoms with Crippen LogP contribution in [0, 0.1) is 0 Å². The summed E-state index contributed by atoms with van der Waals surface area (Å²) in [6, 6.07) is 30.9. The molecular weight excluding hydrogens is 440 g/mol. The van der Waals surface area contributed by atoms with E-state index >= 15 is 0 Å². The van der Waals surface area contributed by atoms with Gasteiger partial charge in [0.1, 0.15) is 17.9 Å². The number of ether oxygens (including phenoxy) is 3. The lowest BCUT2D eigenvalue weighted by atomic mass is 9.80. The SMILES string of the molecule is CC1=CN2[C@H](NC1=O)O[C@@H]1C[C@H]2O[C@H]1COC(c1ccccc1)(c1ccccc1)c1ccccc1. The number of fused-ring (bicyclic) bond motifs is 4. The molecule has 1 amide bonds. The third-order valence-electron chi connectivity index (χ3n) is 7.05. The van der Waals surface area contributed by atoms with Crippen LogP contribution in [-0.4, -0.2) is 42.2 Å². The predicted octanol–water partition coefficient (Wildman–Crippen LogP) is 4.13. The maximum absolute atomic E-state index is 12.1. The average Bonchev–Trinajstić information content (AvgIpc) is 3.24. The van der Waals surface area contributed by atoms with Gasteiger partial charge in [0.25, 0.3) is 5.91 Å². The van der Waals surface area contributed by atoms with E-state index in [1.807, 2.05) is 65.7 Å². The highest BCUT2D eigenvalue weighted by molar-refractivity contribution is 5.93. The van der Waals surface area contributed by atoms with Crippen LogP contribution in [0.25, 0.3) is 0 Å². The fraction of sp³-hybridized carbons (Fsp3) is 0.276.